The second kappa shape index (κ2) is 7.65. The molecule has 2 aromatic carbocycles. The molecule has 0 spiro atoms. The molecule has 2 N–H and O–H groups in total. The monoisotopic (exact) mass is 367 g/mol. The Morgan fingerprint density at radius 2 is 1.77 bits per heavy atom. The van der Waals surface area contributed by atoms with Crippen LogP contribution in [-0.2, 0) is 16.8 Å². The lowest BCUT2D eigenvalue weighted by atomic mass is 9.81. The van der Waals surface area contributed by atoms with Gasteiger partial charge in [0.2, 0.25) is 0 Å². The fraction of sp³-hybridized carbons (Fsp3) is 0.368. The molecule has 1 unspecified atom stereocenters. The van der Waals surface area contributed by atoms with Gasteiger partial charge in [0, 0.05) is 19.5 Å². The van der Waals surface area contributed by atoms with Crippen LogP contribution in [0.4, 0.5) is 13.2 Å². The molecule has 0 aliphatic carbocycles. The molecule has 0 aromatic heterocycles. The van der Waals surface area contributed by atoms with Crippen LogP contribution in [0.5, 0.6) is 5.75 Å². The largest absolute Gasteiger partial charge is 0.573 e. The van der Waals surface area contributed by atoms with Crippen LogP contribution in [0.25, 0.3) is 0 Å². The molecule has 1 heterocycles. The van der Waals surface area contributed by atoms with Gasteiger partial charge in [-0.25, -0.2) is 0 Å². The van der Waals surface area contributed by atoms with Gasteiger partial charge in [0.25, 0.3) is 0 Å². The van der Waals surface area contributed by atoms with Crippen molar-refractivity contribution in [1.82, 2.24) is 5.32 Å². The van der Waals surface area contributed by atoms with Crippen molar-refractivity contribution >= 4 is 0 Å². The molecule has 3 rings (SSSR count). The SMILES string of the molecule is O[C@](Cc1ccccc1OC(F)(F)F)(c1ccccc1)C1CNCCO1. The third-order valence-corrected chi connectivity index (χ3v) is 4.39. The minimum Gasteiger partial charge on any atom is -0.406 e. The van der Waals surface area contributed by atoms with E-state index in [1.54, 1.807) is 30.3 Å². The first kappa shape index (κ1) is 18.7. The number of aliphatic hydroxyl groups is 1. The Bertz CT molecular complexity index is 717. The lowest BCUT2D eigenvalue weighted by molar-refractivity contribution is -0.275. The molecule has 1 aliphatic heterocycles. The Kier molecular flexibility index (Phi) is 5.50. The number of benzene rings is 2. The molecular formula is C19H20F3NO3. The van der Waals surface area contributed by atoms with E-state index in [-0.39, 0.29) is 17.7 Å². The highest BCUT2D eigenvalue weighted by atomic mass is 19.4. The maximum Gasteiger partial charge on any atom is 0.573 e. The Labute approximate surface area is 149 Å². The Hall–Kier alpha value is -2.09. The number of alkyl halides is 3. The predicted octanol–water partition coefficient (Wildman–Crippen LogP) is 3.00. The van der Waals surface area contributed by atoms with Crippen LogP contribution >= 0.6 is 0 Å². The summed E-state index contributed by atoms with van der Waals surface area (Å²) in [5.41, 5.74) is -0.666. The maximum absolute atomic E-state index is 12.7. The molecule has 140 valence electrons. The normalized spacial score (nSPS) is 20.4. The summed E-state index contributed by atoms with van der Waals surface area (Å²) in [5, 5.41) is 14.6. The number of rotatable bonds is 5. The van der Waals surface area contributed by atoms with Gasteiger partial charge in [-0.2, -0.15) is 0 Å². The maximum atomic E-state index is 12.7. The lowest BCUT2D eigenvalue weighted by Gasteiger charge is -2.39. The van der Waals surface area contributed by atoms with Crippen LogP contribution in [0, 0.1) is 0 Å². The average Bonchev–Trinajstić information content (AvgIpc) is 2.63. The first-order valence-electron chi connectivity index (χ1n) is 8.32. The molecule has 0 radical (unpaired) electrons. The fourth-order valence-corrected chi connectivity index (χ4v) is 3.17. The summed E-state index contributed by atoms with van der Waals surface area (Å²) < 4.78 is 48.0. The third-order valence-electron chi connectivity index (χ3n) is 4.39. The number of para-hydroxylation sites is 1. The van der Waals surface area contributed by atoms with Crippen LogP contribution in [0.1, 0.15) is 11.1 Å². The molecule has 1 saturated heterocycles. The van der Waals surface area contributed by atoms with Gasteiger partial charge in [0.05, 0.1) is 6.61 Å². The molecule has 1 aliphatic rings. The zero-order chi connectivity index (χ0) is 18.6. The van der Waals surface area contributed by atoms with Crippen LogP contribution in [0.3, 0.4) is 0 Å². The second-order valence-corrected chi connectivity index (χ2v) is 6.19. The van der Waals surface area contributed by atoms with E-state index in [9.17, 15) is 18.3 Å². The lowest BCUT2D eigenvalue weighted by Crippen LogP contribution is -2.52. The van der Waals surface area contributed by atoms with Crippen molar-refractivity contribution < 1.29 is 27.8 Å². The van der Waals surface area contributed by atoms with Gasteiger partial charge in [-0.3, -0.25) is 0 Å². The zero-order valence-corrected chi connectivity index (χ0v) is 14.0. The quantitative estimate of drug-likeness (QED) is 0.853. The minimum absolute atomic E-state index is 0.0738. The topological polar surface area (TPSA) is 50.7 Å². The summed E-state index contributed by atoms with van der Waals surface area (Å²) in [5.74, 6) is -0.321. The van der Waals surface area contributed by atoms with E-state index >= 15 is 0 Å². The van der Waals surface area contributed by atoms with Crippen molar-refractivity contribution in [3.63, 3.8) is 0 Å². The van der Waals surface area contributed by atoms with Crippen molar-refractivity contribution in [3.8, 4) is 5.75 Å². The van der Waals surface area contributed by atoms with Gasteiger partial charge in [0.1, 0.15) is 17.5 Å². The highest BCUT2D eigenvalue weighted by Gasteiger charge is 2.41. The number of nitrogens with one attached hydrogen (secondary N) is 1. The van der Waals surface area contributed by atoms with Gasteiger partial charge < -0.3 is 19.9 Å². The van der Waals surface area contributed by atoms with E-state index < -0.39 is 18.1 Å². The molecule has 0 amide bonds. The van der Waals surface area contributed by atoms with Gasteiger partial charge in [0.15, 0.2) is 0 Å². The van der Waals surface area contributed by atoms with Gasteiger partial charge in [-0.15, -0.1) is 13.2 Å². The first-order valence-corrected chi connectivity index (χ1v) is 8.32. The van der Waals surface area contributed by atoms with E-state index in [0.29, 0.717) is 25.3 Å². The van der Waals surface area contributed by atoms with E-state index in [4.69, 9.17) is 4.74 Å². The average molecular weight is 367 g/mol. The zero-order valence-electron chi connectivity index (χ0n) is 14.0. The van der Waals surface area contributed by atoms with Crippen LogP contribution in [-0.4, -0.2) is 37.3 Å². The summed E-state index contributed by atoms with van der Waals surface area (Å²) in [6.45, 7) is 1.48. The fourth-order valence-electron chi connectivity index (χ4n) is 3.17. The standard InChI is InChI=1S/C19H20F3NO3/c20-19(21,22)26-16-9-5-4-6-14(16)12-18(24,15-7-2-1-3-8-15)17-13-23-10-11-25-17/h1-9,17,23-24H,10-13H2/t17?,18-/m1/s1. The summed E-state index contributed by atoms with van der Waals surface area (Å²) in [6.07, 6.45) is -5.47. The van der Waals surface area contributed by atoms with E-state index in [0.717, 1.165) is 0 Å². The van der Waals surface area contributed by atoms with E-state index in [1.165, 1.54) is 18.2 Å². The summed E-state index contributed by atoms with van der Waals surface area (Å²) in [4.78, 5) is 0. The summed E-state index contributed by atoms with van der Waals surface area (Å²) in [6, 6.07) is 14.7. The summed E-state index contributed by atoms with van der Waals surface area (Å²) in [7, 11) is 0. The molecule has 2 atom stereocenters. The van der Waals surface area contributed by atoms with Crippen molar-refractivity contribution in [1.29, 1.82) is 0 Å². The molecule has 1 fully saturated rings. The molecule has 2 aromatic rings. The van der Waals surface area contributed by atoms with Crippen molar-refractivity contribution in [2.45, 2.75) is 24.5 Å². The number of hydrogen-bond donors (Lipinski definition) is 2. The van der Waals surface area contributed by atoms with Gasteiger partial charge >= 0.3 is 6.36 Å². The van der Waals surface area contributed by atoms with Gasteiger partial charge in [-0.1, -0.05) is 48.5 Å². The highest BCUT2D eigenvalue weighted by molar-refractivity contribution is 5.37. The molecule has 4 nitrogen and oxygen atoms in total. The number of hydrogen-bond acceptors (Lipinski definition) is 4. The van der Waals surface area contributed by atoms with Crippen LogP contribution < -0.4 is 10.1 Å². The highest BCUT2D eigenvalue weighted by Crippen LogP contribution is 2.36. The van der Waals surface area contributed by atoms with E-state index in [1.807, 2.05) is 6.07 Å². The number of ether oxygens (including phenoxy) is 2. The van der Waals surface area contributed by atoms with Crippen molar-refractivity contribution in [2.24, 2.45) is 0 Å². The third kappa shape index (κ3) is 4.35. The Morgan fingerprint density at radius 1 is 1.08 bits per heavy atom. The molecule has 26 heavy (non-hydrogen) atoms. The van der Waals surface area contributed by atoms with Gasteiger partial charge in [-0.05, 0) is 17.2 Å². The van der Waals surface area contributed by atoms with Crippen molar-refractivity contribution in [3.05, 3.63) is 65.7 Å². The summed E-state index contributed by atoms with van der Waals surface area (Å²) >= 11 is 0. The van der Waals surface area contributed by atoms with E-state index in [2.05, 4.69) is 10.1 Å². The minimum atomic E-state index is -4.80. The molecule has 0 bridgehead atoms. The predicted molar refractivity (Wildman–Crippen MR) is 89.8 cm³/mol. The second-order valence-electron chi connectivity index (χ2n) is 6.19. The number of halogens is 3. The molecule has 7 heteroatoms. The smallest absolute Gasteiger partial charge is 0.406 e. The first-order chi connectivity index (χ1) is 12.4. The Morgan fingerprint density at radius 3 is 2.42 bits per heavy atom. The Balaban J connectivity index is 1.97. The number of morpholine rings is 1. The van der Waals surface area contributed by atoms with Crippen LogP contribution in [0.2, 0.25) is 0 Å². The van der Waals surface area contributed by atoms with Crippen LogP contribution in [0.15, 0.2) is 54.6 Å². The molecular weight excluding hydrogens is 347 g/mol. The molecule has 0 saturated carbocycles. The van der Waals surface area contributed by atoms with Crippen molar-refractivity contribution in [2.75, 3.05) is 19.7 Å².